The highest BCUT2D eigenvalue weighted by Gasteiger charge is 2.31. The number of hydrogen-bond acceptors (Lipinski definition) is 3. The molecule has 1 atom stereocenters. The van der Waals surface area contributed by atoms with Gasteiger partial charge in [0.15, 0.2) is 5.82 Å². The van der Waals surface area contributed by atoms with Gasteiger partial charge in [0.2, 0.25) is 5.91 Å². The fourth-order valence-electron chi connectivity index (χ4n) is 1.76. The van der Waals surface area contributed by atoms with Crippen LogP contribution in [0.2, 0.25) is 0 Å². The van der Waals surface area contributed by atoms with E-state index in [1.54, 1.807) is 0 Å². The number of hydrogen-bond donors (Lipinski definition) is 1. The first kappa shape index (κ1) is 12.8. The minimum Gasteiger partial charge on any atom is -0.449 e. The third-order valence-corrected chi connectivity index (χ3v) is 3.40. The summed E-state index contributed by atoms with van der Waals surface area (Å²) in [7, 11) is 0. The Kier molecular flexibility index (Phi) is 3.51. The van der Waals surface area contributed by atoms with Crippen LogP contribution in [0.1, 0.15) is 6.42 Å². The van der Waals surface area contributed by atoms with Crippen LogP contribution in [0.4, 0.5) is 14.9 Å². The molecular formula is C11H9BrFNO4. The van der Waals surface area contributed by atoms with E-state index in [0.29, 0.717) is 13.0 Å². The molecule has 0 saturated carbocycles. The van der Waals surface area contributed by atoms with Crippen molar-refractivity contribution >= 4 is 33.7 Å². The molecular weight excluding hydrogens is 309 g/mol. The number of carboxylic acid groups (broad SMARTS) is 1. The number of carbonyl (C=O) groups is 2. The maximum absolute atomic E-state index is 13.8. The summed E-state index contributed by atoms with van der Waals surface area (Å²) >= 11 is 3.20. The summed E-state index contributed by atoms with van der Waals surface area (Å²) in [5.41, 5.74) is 0.125. The molecule has 0 radical (unpaired) electrons. The Morgan fingerprint density at radius 2 is 2.28 bits per heavy atom. The first-order valence-electron chi connectivity index (χ1n) is 5.15. The van der Waals surface area contributed by atoms with Crippen molar-refractivity contribution in [2.75, 3.05) is 11.4 Å². The zero-order valence-corrected chi connectivity index (χ0v) is 10.7. The number of anilines is 1. The van der Waals surface area contributed by atoms with E-state index in [4.69, 9.17) is 5.11 Å². The van der Waals surface area contributed by atoms with Gasteiger partial charge in [0.25, 0.3) is 0 Å². The second-order valence-electron chi connectivity index (χ2n) is 3.73. The minimum absolute atomic E-state index is 0.120. The molecule has 1 aromatic carbocycles. The van der Waals surface area contributed by atoms with Gasteiger partial charge in [-0.05, 0) is 18.6 Å². The Morgan fingerprint density at radius 3 is 2.78 bits per heavy atom. The zero-order chi connectivity index (χ0) is 13.3. The third kappa shape index (κ3) is 2.45. The molecule has 5 nitrogen and oxygen atoms in total. The molecule has 1 aliphatic heterocycles. The normalized spacial score (nSPS) is 19.1. The summed E-state index contributed by atoms with van der Waals surface area (Å²) < 4.78 is 18.1. The summed E-state index contributed by atoms with van der Waals surface area (Å²) in [5.74, 6) is -1.02. The van der Waals surface area contributed by atoms with Gasteiger partial charge < -0.3 is 14.7 Å². The maximum atomic E-state index is 13.8. The standard InChI is InChI=1S/C11H9BrFNO4/c12-7-3-4-14(10(7)15)9-2-1-6(5-8(9)13)18-11(16)17/h1-2,5,7H,3-4H2,(H,16,17). The minimum atomic E-state index is -1.51. The van der Waals surface area contributed by atoms with Crippen molar-refractivity contribution in [1.29, 1.82) is 0 Å². The van der Waals surface area contributed by atoms with Gasteiger partial charge in [-0.2, -0.15) is 0 Å². The second-order valence-corrected chi connectivity index (χ2v) is 4.83. The van der Waals surface area contributed by atoms with Gasteiger partial charge in [-0.25, -0.2) is 9.18 Å². The highest BCUT2D eigenvalue weighted by atomic mass is 79.9. The van der Waals surface area contributed by atoms with Crippen LogP contribution < -0.4 is 9.64 Å². The quantitative estimate of drug-likeness (QED) is 0.516. The van der Waals surface area contributed by atoms with Crippen LogP contribution in [0.15, 0.2) is 18.2 Å². The molecule has 1 aromatic rings. The Balaban J connectivity index is 2.25. The van der Waals surface area contributed by atoms with Crippen LogP contribution in [0.25, 0.3) is 0 Å². The molecule has 0 aliphatic carbocycles. The summed E-state index contributed by atoms with van der Waals surface area (Å²) in [6.45, 7) is 0.421. The molecule has 1 aliphatic rings. The van der Waals surface area contributed by atoms with E-state index in [0.717, 1.165) is 6.07 Å². The van der Waals surface area contributed by atoms with Crippen molar-refractivity contribution in [1.82, 2.24) is 0 Å². The largest absolute Gasteiger partial charge is 0.511 e. The van der Waals surface area contributed by atoms with Gasteiger partial charge in [0.1, 0.15) is 5.75 Å². The number of benzene rings is 1. The van der Waals surface area contributed by atoms with Crippen LogP contribution in [0.3, 0.4) is 0 Å². The van der Waals surface area contributed by atoms with E-state index in [-0.39, 0.29) is 22.2 Å². The van der Waals surface area contributed by atoms with Crippen LogP contribution >= 0.6 is 15.9 Å². The fraction of sp³-hybridized carbons (Fsp3) is 0.273. The number of alkyl halides is 1. The van der Waals surface area contributed by atoms with Crippen LogP contribution in [-0.4, -0.2) is 28.5 Å². The number of carbonyl (C=O) groups excluding carboxylic acids is 1. The van der Waals surface area contributed by atoms with Gasteiger partial charge >= 0.3 is 6.16 Å². The van der Waals surface area contributed by atoms with Gasteiger partial charge in [-0.3, -0.25) is 4.79 Å². The monoisotopic (exact) mass is 317 g/mol. The van der Waals surface area contributed by atoms with Crippen molar-refractivity contribution in [2.45, 2.75) is 11.2 Å². The third-order valence-electron chi connectivity index (χ3n) is 2.56. The topological polar surface area (TPSA) is 66.8 Å². The molecule has 96 valence electrons. The smallest absolute Gasteiger partial charge is 0.449 e. The number of rotatable bonds is 2. The van der Waals surface area contributed by atoms with E-state index in [2.05, 4.69) is 20.7 Å². The fourth-order valence-corrected chi connectivity index (χ4v) is 2.21. The maximum Gasteiger partial charge on any atom is 0.511 e. The van der Waals surface area contributed by atoms with Gasteiger partial charge in [0.05, 0.1) is 10.5 Å². The molecule has 18 heavy (non-hydrogen) atoms. The van der Waals surface area contributed by atoms with E-state index < -0.39 is 12.0 Å². The lowest BCUT2D eigenvalue weighted by atomic mass is 10.2. The van der Waals surface area contributed by atoms with Crippen molar-refractivity contribution in [2.24, 2.45) is 0 Å². The lowest BCUT2D eigenvalue weighted by Crippen LogP contribution is -2.27. The van der Waals surface area contributed by atoms with E-state index in [9.17, 15) is 14.0 Å². The van der Waals surface area contributed by atoms with Gasteiger partial charge in [-0.15, -0.1) is 0 Å². The Morgan fingerprint density at radius 1 is 1.56 bits per heavy atom. The van der Waals surface area contributed by atoms with Crippen LogP contribution in [-0.2, 0) is 4.79 Å². The highest BCUT2D eigenvalue weighted by Crippen LogP contribution is 2.29. The summed E-state index contributed by atoms with van der Waals surface area (Å²) in [4.78, 5) is 23.0. The Hall–Kier alpha value is -1.63. The predicted molar refractivity (Wildman–Crippen MR) is 64.7 cm³/mol. The van der Waals surface area contributed by atoms with Gasteiger partial charge in [-0.1, -0.05) is 15.9 Å². The molecule has 7 heteroatoms. The molecule has 1 saturated heterocycles. The van der Waals surface area contributed by atoms with Crippen LogP contribution in [0, 0.1) is 5.82 Å². The second kappa shape index (κ2) is 4.93. The first-order valence-corrected chi connectivity index (χ1v) is 6.06. The predicted octanol–water partition coefficient (Wildman–Crippen LogP) is 2.38. The Labute approximate surface area is 110 Å². The lowest BCUT2D eigenvalue weighted by molar-refractivity contribution is -0.116. The summed E-state index contributed by atoms with van der Waals surface area (Å²) in [6.07, 6.45) is -0.911. The van der Waals surface area contributed by atoms with Gasteiger partial charge in [0, 0.05) is 12.6 Å². The average molecular weight is 318 g/mol. The number of ether oxygens (including phenoxy) is 1. The number of halogens is 2. The van der Waals surface area contributed by atoms with Crippen LogP contribution in [0.5, 0.6) is 5.75 Å². The average Bonchev–Trinajstić information content (AvgIpc) is 2.60. The molecule has 1 heterocycles. The van der Waals surface area contributed by atoms with E-state index in [1.165, 1.54) is 17.0 Å². The number of nitrogens with zero attached hydrogens (tertiary/aromatic N) is 1. The summed E-state index contributed by atoms with van der Waals surface area (Å²) in [6, 6.07) is 3.58. The van der Waals surface area contributed by atoms with Crippen molar-refractivity contribution < 1.29 is 23.8 Å². The lowest BCUT2D eigenvalue weighted by Gasteiger charge is -2.17. The SMILES string of the molecule is O=C(O)Oc1ccc(N2CCC(Br)C2=O)c(F)c1. The van der Waals surface area contributed by atoms with E-state index >= 15 is 0 Å². The number of amides is 1. The molecule has 1 fully saturated rings. The first-order chi connectivity index (χ1) is 8.49. The molecule has 0 spiro atoms. The highest BCUT2D eigenvalue weighted by molar-refractivity contribution is 9.10. The molecule has 0 bridgehead atoms. The van der Waals surface area contributed by atoms with E-state index in [1.807, 2.05) is 0 Å². The molecule has 1 N–H and O–H groups in total. The summed E-state index contributed by atoms with van der Waals surface area (Å²) in [5, 5.41) is 8.40. The molecule has 1 amide bonds. The van der Waals surface area contributed by atoms with Crippen molar-refractivity contribution in [3.8, 4) is 5.75 Å². The van der Waals surface area contributed by atoms with Crippen molar-refractivity contribution in [3.05, 3.63) is 24.0 Å². The molecule has 2 rings (SSSR count). The van der Waals surface area contributed by atoms with Crippen molar-refractivity contribution in [3.63, 3.8) is 0 Å². The Bertz CT molecular complexity index is 508. The molecule has 0 aromatic heterocycles. The molecule has 1 unspecified atom stereocenters. The zero-order valence-electron chi connectivity index (χ0n) is 9.10.